The fourth-order valence-electron chi connectivity index (χ4n) is 4.17. The highest BCUT2D eigenvalue weighted by atomic mass is 16.6. The average Bonchev–Trinajstić information content (AvgIpc) is 3.30. The Hall–Kier alpha value is -2.57. The maximum atomic E-state index is 12.1. The van der Waals surface area contributed by atoms with Crippen LogP contribution in [0, 0.1) is 0 Å². The Morgan fingerprint density at radius 3 is 3.00 bits per heavy atom. The van der Waals surface area contributed by atoms with Crippen LogP contribution in [-0.2, 0) is 10.2 Å². The predicted octanol–water partition coefficient (Wildman–Crippen LogP) is 4.37. The third kappa shape index (κ3) is 4.29. The van der Waals surface area contributed by atoms with Gasteiger partial charge >= 0.3 is 6.09 Å². The molecule has 0 spiro atoms. The van der Waals surface area contributed by atoms with Crippen LogP contribution >= 0.6 is 0 Å². The molecule has 1 saturated carbocycles. The number of alkyl carbamates (subject to hydrolysis) is 1. The Morgan fingerprint density at radius 1 is 1.21 bits per heavy atom. The molecule has 2 aromatic rings. The van der Waals surface area contributed by atoms with Crippen molar-refractivity contribution in [3.63, 3.8) is 0 Å². The second kappa shape index (κ2) is 7.81. The summed E-state index contributed by atoms with van der Waals surface area (Å²) in [5.74, 6) is 1.14. The first-order valence-corrected chi connectivity index (χ1v) is 10.2. The molecule has 7 heteroatoms. The van der Waals surface area contributed by atoms with E-state index >= 15 is 0 Å². The van der Waals surface area contributed by atoms with Crippen molar-refractivity contribution in [2.24, 2.45) is 0 Å². The highest BCUT2D eigenvalue weighted by molar-refractivity contribution is 5.67. The number of ether oxygens (including phenoxy) is 1. The van der Waals surface area contributed by atoms with Gasteiger partial charge in [-0.3, -0.25) is 10.1 Å². The average molecular weight is 383 g/mol. The molecule has 150 valence electrons. The minimum atomic E-state index is -0.299. The number of nitrogens with zero attached hydrogens (tertiary/aromatic N) is 2. The van der Waals surface area contributed by atoms with E-state index in [0.29, 0.717) is 12.5 Å². The van der Waals surface area contributed by atoms with Crippen molar-refractivity contribution in [3.8, 4) is 0 Å². The van der Waals surface area contributed by atoms with E-state index in [1.807, 2.05) is 12.3 Å². The van der Waals surface area contributed by atoms with Gasteiger partial charge < -0.3 is 15.4 Å². The summed E-state index contributed by atoms with van der Waals surface area (Å²) < 4.78 is 5.60. The van der Waals surface area contributed by atoms with E-state index in [1.165, 1.54) is 0 Å². The normalized spacial score (nSPS) is 25.0. The van der Waals surface area contributed by atoms with Gasteiger partial charge in [0.2, 0.25) is 0 Å². The van der Waals surface area contributed by atoms with Gasteiger partial charge in [-0.15, -0.1) is 0 Å². The van der Waals surface area contributed by atoms with Crippen molar-refractivity contribution in [1.29, 1.82) is 0 Å². The number of anilines is 2. The zero-order valence-corrected chi connectivity index (χ0v) is 16.6. The number of pyridine rings is 1. The molecule has 0 radical (unpaired) electrons. The molecule has 1 aliphatic heterocycles. The van der Waals surface area contributed by atoms with E-state index in [1.54, 1.807) is 0 Å². The van der Waals surface area contributed by atoms with Gasteiger partial charge in [0.25, 0.3) is 0 Å². The lowest BCUT2D eigenvalue weighted by Crippen LogP contribution is -2.29. The van der Waals surface area contributed by atoms with Gasteiger partial charge in [0.15, 0.2) is 5.82 Å². The maximum Gasteiger partial charge on any atom is 0.407 e. The summed E-state index contributed by atoms with van der Waals surface area (Å²) in [5, 5.41) is 13.9. The lowest BCUT2D eigenvalue weighted by Gasteiger charge is -2.24. The maximum absolute atomic E-state index is 12.1. The molecule has 1 amide bonds. The molecule has 6 bridgehead atoms. The largest absolute Gasteiger partial charge is 0.446 e. The molecule has 1 aliphatic carbocycles. The van der Waals surface area contributed by atoms with Crippen LogP contribution in [-0.4, -0.2) is 33.9 Å². The van der Waals surface area contributed by atoms with Crippen molar-refractivity contribution in [1.82, 2.24) is 20.5 Å². The Bertz CT molecular complexity index is 832. The Kier molecular flexibility index (Phi) is 5.24. The van der Waals surface area contributed by atoms with Crippen LogP contribution in [0.3, 0.4) is 0 Å². The third-order valence-electron chi connectivity index (χ3n) is 5.92. The summed E-state index contributed by atoms with van der Waals surface area (Å²) >= 11 is 0. The van der Waals surface area contributed by atoms with Crippen LogP contribution in [0.2, 0.25) is 0 Å². The predicted molar refractivity (Wildman–Crippen MR) is 108 cm³/mol. The molecule has 2 aliphatic rings. The quantitative estimate of drug-likeness (QED) is 0.628. The van der Waals surface area contributed by atoms with Crippen molar-refractivity contribution in [3.05, 3.63) is 35.8 Å². The van der Waals surface area contributed by atoms with Crippen molar-refractivity contribution >= 4 is 17.6 Å². The molecule has 2 aromatic heterocycles. The third-order valence-corrected chi connectivity index (χ3v) is 5.92. The van der Waals surface area contributed by atoms with Crippen LogP contribution in [0.15, 0.2) is 24.4 Å². The van der Waals surface area contributed by atoms with E-state index in [2.05, 4.69) is 51.8 Å². The lowest BCUT2D eigenvalue weighted by molar-refractivity contribution is 0.1000. The first-order valence-electron chi connectivity index (χ1n) is 10.2. The molecular weight excluding hydrogens is 354 g/mol. The van der Waals surface area contributed by atoms with Gasteiger partial charge in [0.05, 0.1) is 0 Å². The molecule has 7 nitrogen and oxygen atoms in total. The summed E-state index contributed by atoms with van der Waals surface area (Å²) in [4.78, 5) is 16.7. The number of carbonyl (C=O) groups is 1. The van der Waals surface area contributed by atoms with Gasteiger partial charge in [0, 0.05) is 47.2 Å². The smallest absolute Gasteiger partial charge is 0.407 e. The summed E-state index contributed by atoms with van der Waals surface area (Å²) in [7, 11) is 0. The minimum absolute atomic E-state index is 0.0229. The standard InChI is InChI=1S/C21H29N5O2/c1-21(2)8-3-4-9-23-20(27)28-16-6-5-14(11-16)17-13-19(26-25-17)24-15-7-10-22-18(21)12-15/h7,10,12-14,16H,3-6,8-9,11H2,1-2H3,(H,23,27)(H2,24,25,26)/t14-,16+/m0/s1. The second-order valence-electron chi connectivity index (χ2n) is 8.57. The fourth-order valence-corrected chi connectivity index (χ4v) is 4.17. The summed E-state index contributed by atoms with van der Waals surface area (Å²) in [6, 6.07) is 6.14. The summed E-state index contributed by atoms with van der Waals surface area (Å²) in [6.45, 7) is 5.07. The van der Waals surface area contributed by atoms with E-state index < -0.39 is 0 Å². The van der Waals surface area contributed by atoms with Crippen molar-refractivity contribution in [2.45, 2.75) is 69.8 Å². The van der Waals surface area contributed by atoms with Crippen LogP contribution in [0.5, 0.6) is 0 Å². The Morgan fingerprint density at radius 2 is 2.11 bits per heavy atom. The molecule has 1 fully saturated rings. The fraction of sp³-hybridized carbons (Fsp3) is 0.571. The van der Waals surface area contributed by atoms with Crippen molar-refractivity contribution < 1.29 is 9.53 Å². The number of hydrogen-bond donors (Lipinski definition) is 3. The van der Waals surface area contributed by atoms with E-state index in [0.717, 1.165) is 61.4 Å². The number of aromatic amines is 1. The Labute approximate surface area is 165 Å². The van der Waals surface area contributed by atoms with Gasteiger partial charge in [-0.25, -0.2) is 4.79 Å². The van der Waals surface area contributed by atoms with Crippen LogP contribution in [0.4, 0.5) is 16.3 Å². The molecule has 3 N–H and O–H groups in total. The number of H-pyrrole nitrogens is 1. The van der Waals surface area contributed by atoms with Crippen molar-refractivity contribution in [2.75, 3.05) is 11.9 Å². The summed E-state index contributed by atoms with van der Waals surface area (Å²) in [5.41, 5.74) is 3.10. The number of aromatic nitrogens is 3. The van der Waals surface area contributed by atoms with E-state index in [4.69, 9.17) is 4.74 Å². The first kappa shape index (κ1) is 18.8. The monoisotopic (exact) mass is 383 g/mol. The first-order chi connectivity index (χ1) is 13.5. The molecule has 0 unspecified atom stereocenters. The van der Waals surface area contributed by atoms with Gasteiger partial charge in [0.1, 0.15) is 6.10 Å². The second-order valence-corrected chi connectivity index (χ2v) is 8.57. The number of fused-ring (bicyclic) bond motifs is 7. The topological polar surface area (TPSA) is 91.9 Å². The molecule has 4 rings (SSSR count). The number of carbonyl (C=O) groups excluding carboxylic acids is 1. The van der Waals surface area contributed by atoms with Gasteiger partial charge in [-0.1, -0.05) is 20.3 Å². The van der Waals surface area contributed by atoms with E-state index in [-0.39, 0.29) is 17.6 Å². The molecule has 0 saturated heterocycles. The number of amides is 1. The highest BCUT2D eigenvalue weighted by Gasteiger charge is 2.30. The molecular formula is C21H29N5O2. The molecule has 3 heterocycles. The number of nitrogens with one attached hydrogen (secondary N) is 3. The zero-order valence-electron chi connectivity index (χ0n) is 16.6. The number of rotatable bonds is 0. The lowest BCUT2D eigenvalue weighted by atomic mass is 9.83. The summed E-state index contributed by atoms with van der Waals surface area (Å²) in [6.07, 6.45) is 7.19. The molecule has 2 atom stereocenters. The zero-order chi connectivity index (χ0) is 19.6. The minimum Gasteiger partial charge on any atom is -0.446 e. The van der Waals surface area contributed by atoms with Gasteiger partial charge in [-0.05, 0) is 44.2 Å². The molecule has 28 heavy (non-hydrogen) atoms. The SMILES string of the molecule is CC1(C)CCCCNC(=O)O[C@@H]2CC[C@@H](C2)c2cc(n[nH]2)Nc2ccnc1c2. The van der Waals surface area contributed by atoms with Crippen LogP contribution in [0.25, 0.3) is 0 Å². The van der Waals surface area contributed by atoms with Gasteiger partial charge in [-0.2, -0.15) is 5.10 Å². The van der Waals surface area contributed by atoms with Crippen LogP contribution < -0.4 is 10.6 Å². The van der Waals surface area contributed by atoms with Crippen LogP contribution in [0.1, 0.15) is 69.7 Å². The number of hydrogen-bond acceptors (Lipinski definition) is 5. The Balaban J connectivity index is 1.57. The highest BCUT2D eigenvalue weighted by Crippen LogP contribution is 2.36. The molecule has 0 aromatic carbocycles. The van der Waals surface area contributed by atoms with E-state index in [9.17, 15) is 4.79 Å².